The standard InChI is InChI=1S/C16H19NO5/c1-3-13(18)17-7-11-10-5-4-6-12(21-2)14(10)22-9-16(11,8-17)15(19)20/h4-6,11H,3,7-9H2,1-2H3,(H,19,20)/t11?,16-/m1/s1. The second kappa shape index (κ2) is 5.19. The molecule has 1 aromatic carbocycles. The lowest BCUT2D eigenvalue weighted by atomic mass is 9.73. The first-order valence-electron chi connectivity index (χ1n) is 7.34. The second-order valence-electron chi connectivity index (χ2n) is 5.81. The normalized spacial score (nSPS) is 25.9. The van der Waals surface area contributed by atoms with E-state index >= 15 is 0 Å². The van der Waals surface area contributed by atoms with Crippen LogP contribution in [0.15, 0.2) is 18.2 Å². The number of rotatable bonds is 3. The zero-order valence-electron chi connectivity index (χ0n) is 12.7. The minimum Gasteiger partial charge on any atom is -0.493 e. The molecule has 0 aliphatic carbocycles. The monoisotopic (exact) mass is 305 g/mol. The third kappa shape index (κ3) is 1.94. The number of ether oxygens (including phenoxy) is 2. The van der Waals surface area contributed by atoms with Crippen molar-refractivity contribution in [1.29, 1.82) is 0 Å². The van der Waals surface area contributed by atoms with Gasteiger partial charge in [-0.05, 0) is 6.07 Å². The number of carbonyl (C=O) groups excluding carboxylic acids is 1. The van der Waals surface area contributed by atoms with Gasteiger partial charge in [0.25, 0.3) is 0 Å². The molecule has 0 radical (unpaired) electrons. The van der Waals surface area contributed by atoms with E-state index in [1.807, 2.05) is 12.1 Å². The van der Waals surface area contributed by atoms with Crippen molar-refractivity contribution in [3.63, 3.8) is 0 Å². The summed E-state index contributed by atoms with van der Waals surface area (Å²) < 4.78 is 11.0. The predicted molar refractivity (Wildman–Crippen MR) is 78.2 cm³/mol. The Balaban J connectivity index is 2.07. The molecule has 6 nitrogen and oxygen atoms in total. The maximum Gasteiger partial charge on any atom is 0.315 e. The lowest BCUT2D eigenvalue weighted by Crippen LogP contribution is -2.46. The highest BCUT2D eigenvalue weighted by Crippen LogP contribution is 2.52. The molecule has 0 saturated carbocycles. The summed E-state index contributed by atoms with van der Waals surface area (Å²) in [4.78, 5) is 25.6. The highest BCUT2D eigenvalue weighted by Gasteiger charge is 2.57. The van der Waals surface area contributed by atoms with Gasteiger partial charge in [0.15, 0.2) is 11.5 Å². The van der Waals surface area contributed by atoms with Gasteiger partial charge in [0, 0.05) is 31.0 Å². The van der Waals surface area contributed by atoms with Gasteiger partial charge in [-0.1, -0.05) is 19.1 Å². The molecule has 1 N–H and O–H groups in total. The van der Waals surface area contributed by atoms with Gasteiger partial charge < -0.3 is 19.5 Å². The number of benzene rings is 1. The van der Waals surface area contributed by atoms with E-state index in [9.17, 15) is 14.7 Å². The van der Waals surface area contributed by atoms with Crippen LogP contribution in [0.25, 0.3) is 0 Å². The first-order valence-corrected chi connectivity index (χ1v) is 7.34. The summed E-state index contributed by atoms with van der Waals surface area (Å²) >= 11 is 0. The Kier molecular flexibility index (Phi) is 3.47. The first-order chi connectivity index (χ1) is 10.5. The number of carboxylic acids is 1. The number of nitrogens with zero attached hydrogens (tertiary/aromatic N) is 1. The van der Waals surface area contributed by atoms with E-state index in [2.05, 4.69) is 0 Å². The molecule has 6 heteroatoms. The first kappa shape index (κ1) is 14.7. The summed E-state index contributed by atoms with van der Waals surface area (Å²) in [7, 11) is 1.56. The summed E-state index contributed by atoms with van der Waals surface area (Å²) in [6.07, 6.45) is 0.369. The van der Waals surface area contributed by atoms with Crippen LogP contribution < -0.4 is 9.47 Å². The molecule has 1 fully saturated rings. The summed E-state index contributed by atoms with van der Waals surface area (Å²) in [6, 6.07) is 5.47. The molecule has 1 saturated heterocycles. The van der Waals surface area contributed by atoms with E-state index in [1.165, 1.54) is 0 Å². The molecule has 118 valence electrons. The lowest BCUT2D eigenvalue weighted by Gasteiger charge is -2.36. The maximum atomic E-state index is 12.0. The number of para-hydroxylation sites is 1. The number of hydrogen-bond acceptors (Lipinski definition) is 4. The fourth-order valence-electron chi connectivity index (χ4n) is 3.47. The molecule has 3 rings (SSSR count). The van der Waals surface area contributed by atoms with Crippen LogP contribution >= 0.6 is 0 Å². The fraction of sp³-hybridized carbons (Fsp3) is 0.500. The molecular formula is C16H19NO5. The molecule has 2 atom stereocenters. The minimum absolute atomic E-state index is 0.0283. The van der Waals surface area contributed by atoms with Crippen LogP contribution in [0.1, 0.15) is 24.8 Å². The Morgan fingerprint density at radius 2 is 2.27 bits per heavy atom. The van der Waals surface area contributed by atoms with Crippen molar-refractivity contribution in [3.05, 3.63) is 23.8 Å². The van der Waals surface area contributed by atoms with Gasteiger partial charge >= 0.3 is 5.97 Å². The highest BCUT2D eigenvalue weighted by molar-refractivity contribution is 5.83. The second-order valence-corrected chi connectivity index (χ2v) is 5.81. The molecule has 2 aliphatic heterocycles. The van der Waals surface area contributed by atoms with E-state index in [4.69, 9.17) is 9.47 Å². The van der Waals surface area contributed by atoms with E-state index in [0.29, 0.717) is 24.5 Å². The van der Waals surface area contributed by atoms with Crippen molar-refractivity contribution < 1.29 is 24.2 Å². The SMILES string of the molecule is CCC(=O)N1CC2c3cccc(OC)c3OC[C@]2(C(=O)O)C1. The van der Waals surface area contributed by atoms with Crippen LogP contribution in [0.4, 0.5) is 0 Å². The number of carbonyl (C=O) groups is 2. The Bertz CT molecular complexity index is 629. The smallest absolute Gasteiger partial charge is 0.315 e. The molecule has 1 unspecified atom stereocenters. The Morgan fingerprint density at radius 3 is 2.91 bits per heavy atom. The molecule has 22 heavy (non-hydrogen) atoms. The average molecular weight is 305 g/mol. The zero-order valence-corrected chi connectivity index (χ0v) is 12.7. The van der Waals surface area contributed by atoms with Gasteiger partial charge in [0.1, 0.15) is 12.0 Å². The topological polar surface area (TPSA) is 76.1 Å². The number of fused-ring (bicyclic) bond motifs is 3. The molecular weight excluding hydrogens is 286 g/mol. The van der Waals surface area contributed by atoms with Crippen molar-refractivity contribution in [2.24, 2.45) is 5.41 Å². The van der Waals surface area contributed by atoms with Crippen molar-refractivity contribution in [2.45, 2.75) is 19.3 Å². The van der Waals surface area contributed by atoms with E-state index in [0.717, 1.165) is 5.56 Å². The molecule has 2 heterocycles. The predicted octanol–water partition coefficient (Wildman–Crippen LogP) is 1.49. The van der Waals surface area contributed by atoms with Crippen LogP contribution in [-0.2, 0) is 9.59 Å². The van der Waals surface area contributed by atoms with Crippen molar-refractivity contribution in [2.75, 3.05) is 26.8 Å². The molecule has 0 aromatic heterocycles. The lowest BCUT2D eigenvalue weighted by molar-refractivity contribution is -0.152. The Hall–Kier alpha value is -2.24. The van der Waals surface area contributed by atoms with Crippen LogP contribution in [-0.4, -0.2) is 48.7 Å². The summed E-state index contributed by atoms with van der Waals surface area (Å²) in [5, 5.41) is 9.77. The number of amides is 1. The molecule has 0 bridgehead atoms. The van der Waals surface area contributed by atoms with E-state index in [-0.39, 0.29) is 25.0 Å². The number of likely N-dealkylation sites (tertiary alicyclic amines) is 1. The van der Waals surface area contributed by atoms with Gasteiger partial charge in [0.2, 0.25) is 5.91 Å². The summed E-state index contributed by atoms with van der Waals surface area (Å²) in [5.41, 5.74) is -0.274. The summed E-state index contributed by atoms with van der Waals surface area (Å²) in [5.74, 6) is -0.0365. The van der Waals surface area contributed by atoms with Crippen molar-refractivity contribution in [3.8, 4) is 11.5 Å². The van der Waals surface area contributed by atoms with E-state index in [1.54, 1.807) is 25.0 Å². The molecule has 0 spiro atoms. The van der Waals surface area contributed by atoms with E-state index < -0.39 is 11.4 Å². The van der Waals surface area contributed by atoms with Crippen molar-refractivity contribution in [1.82, 2.24) is 4.90 Å². The van der Waals surface area contributed by atoms with Gasteiger partial charge in [-0.25, -0.2) is 0 Å². The van der Waals surface area contributed by atoms with Gasteiger partial charge in [-0.2, -0.15) is 0 Å². The fourth-order valence-corrected chi connectivity index (χ4v) is 3.47. The molecule has 2 aliphatic rings. The van der Waals surface area contributed by atoms with Crippen LogP contribution in [0.3, 0.4) is 0 Å². The Labute approximate surface area is 128 Å². The zero-order chi connectivity index (χ0) is 15.9. The average Bonchev–Trinajstić information content (AvgIpc) is 2.95. The third-order valence-corrected chi connectivity index (χ3v) is 4.70. The minimum atomic E-state index is -1.08. The quantitative estimate of drug-likeness (QED) is 0.915. The number of aliphatic carboxylic acids is 1. The van der Waals surface area contributed by atoms with Crippen LogP contribution in [0.2, 0.25) is 0 Å². The summed E-state index contributed by atoms with van der Waals surface area (Å²) in [6.45, 7) is 2.43. The van der Waals surface area contributed by atoms with Crippen LogP contribution in [0.5, 0.6) is 11.5 Å². The highest BCUT2D eigenvalue weighted by atomic mass is 16.5. The molecule has 1 amide bonds. The van der Waals surface area contributed by atoms with Gasteiger partial charge in [0.05, 0.1) is 7.11 Å². The maximum absolute atomic E-state index is 12.0. The van der Waals surface area contributed by atoms with Gasteiger partial charge in [-0.15, -0.1) is 0 Å². The van der Waals surface area contributed by atoms with Crippen molar-refractivity contribution >= 4 is 11.9 Å². The van der Waals surface area contributed by atoms with Gasteiger partial charge in [-0.3, -0.25) is 9.59 Å². The Morgan fingerprint density at radius 1 is 1.50 bits per heavy atom. The largest absolute Gasteiger partial charge is 0.493 e. The van der Waals surface area contributed by atoms with Crippen LogP contribution in [0, 0.1) is 5.41 Å². The number of hydrogen-bond donors (Lipinski definition) is 1. The number of methoxy groups -OCH3 is 1. The third-order valence-electron chi connectivity index (χ3n) is 4.70. The molecule has 1 aromatic rings. The number of carboxylic acid groups (broad SMARTS) is 1.